The van der Waals surface area contributed by atoms with E-state index in [2.05, 4.69) is 154 Å². The van der Waals surface area contributed by atoms with Crippen LogP contribution >= 0.6 is 0 Å². The molecule has 0 radical (unpaired) electrons. The highest BCUT2D eigenvalue weighted by Crippen LogP contribution is 2.63. The minimum absolute atomic E-state index is 0.0251. The first-order valence-electron chi connectivity index (χ1n) is 27.4. The van der Waals surface area contributed by atoms with Gasteiger partial charge < -0.3 is 23.7 Å². The largest absolute Gasteiger partial charge is 0.486 e. The van der Waals surface area contributed by atoms with Crippen molar-refractivity contribution in [2.45, 2.75) is 96.7 Å². The van der Waals surface area contributed by atoms with Gasteiger partial charge in [0.05, 0.1) is 50.5 Å². The zero-order valence-electron chi connectivity index (χ0n) is 43.6. The highest BCUT2D eigenvalue weighted by Gasteiger charge is 2.58. The molecule has 4 atom stereocenters. The third-order valence-electron chi connectivity index (χ3n) is 15.8. The predicted molar refractivity (Wildman–Crippen MR) is 290 cm³/mol. The lowest BCUT2D eigenvalue weighted by molar-refractivity contribution is -0.767. The Balaban J connectivity index is 0.710. The maximum absolute atomic E-state index is 6.30. The van der Waals surface area contributed by atoms with Crippen molar-refractivity contribution in [1.82, 2.24) is 39.9 Å². The van der Waals surface area contributed by atoms with Crippen LogP contribution in [-0.2, 0) is 47.0 Å². The standard InChI is InChI=1S/C64H58N9O5/c1-43-31-46(18-23-53(43)57-36-71(68-65-57)39-62-55-8-3-2-7-50(55)41-76-62)17-22-49-33-56(49)64(27-28-64)26-25-47-19-24-54(58-37-70(67-66-58)35-52-42-77-60-9-4-5-10-61(60)78-52)51(32-47)34-73-59(38-72(69-73)40-63-74-29-6-30-75-63)48-20-15-45(16-21-48)14-13-44-11-12-44/h2-5,7-10,15-16,18-21,23-24,31-32,36-38,44,49,52,56,62-63H,6,11-12,27-30,33-35,39-42H2,1H3/q+1/t49?,52-,56?,62-/m0/s1. The Kier molecular flexibility index (Phi) is 12.7. The molecule has 1 saturated heterocycles. The molecular weight excluding hydrogens is 975 g/mol. The van der Waals surface area contributed by atoms with Crippen molar-refractivity contribution < 1.29 is 28.4 Å². The van der Waals surface area contributed by atoms with E-state index in [0.717, 1.165) is 98.8 Å². The van der Waals surface area contributed by atoms with Crippen molar-refractivity contribution >= 4 is 0 Å². The van der Waals surface area contributed by atoms with Gasteiger partial charge >= 0.3 is 0 Å². The van der Waals surface area contributed by atoms with E-state index in [1.165, 1.54) is 24.0 Å². The van der Waals surface area contributed by atoms with Gasteiger partial charge in [-0.2, -0.15) is 0 Å². The van der Waals surface area contributed by atoms with Gasteiger partial charge in [-0.05, 0) is 129 Å². The molecule has 8 aromatic rings. The number of aryl methyl sites for hydroxylation is 1. The van der Waals surface area contributed by atoms with Crippen LogP contribution in [0.1, 0.15) is 83.6 Å². The Morgan fingerprint density at radius 1 is 0.731 bits per heavy atom. The minimum Gasteiger partial charge on any atom is -0.486 e. The van der Waals surface area contributed by atoms with Gasteiger partial charge in [0.2, 0.25) is 0 Å². The van der Waals surface area contributed by atoms with Gasteiger partial charge in [-0.25, -0.2) is 9.36 Å². The fourth-order valence-corrected chi connectivity index (χ4v) is 11.1. The fraction of sp³-hybridized carbons (Fsp3) is 0.344. The Morgan fingerprint density at radius 3 is 2.27 bits per heavy atom. The van der Waals surface area contributed by atoms with Gasteiger partial charge in [0.25, 0.3) is 0 Å². The van der Waals surface area contributed by atoms with Gasteiger partial charge in [0.15, 0.2) is 42.3 Å². The van der Waals surface area contributed by atoms with E-state index in [1.807, 2.05) is 50.7 Å². The van der Waals surface area contributed by atoms with Gasteiger partial charge in [0, 0.05) is 56.2 Å². The third-order valence-corrected chi connectivity index (χ3v) is 15.8. The second kappa shape index (κ2) is 20.6. The number of aromatic nitrogens is 9. The molecule has 2 unspecified atom stereocenters. The van der Waals surface area contributed by atoms with E-state index >= 15 is 0 Å². The van der Waals surface area contributed by atoms with Crippen LogP contribution in [0.25, 0.3) is 33.8 Å². The third kappa shape index (κ3) is 10.5. The van der Waals surface area contributed by atoms with E-state index < -0.39 is 0 Å². The van der Waals surface area contributed by atoms with Crippen molar-refractivity contribution in [2.24, 2.45) is 23.2 Å². The quantitative estimate of drug-likeness (QED) is 0.0864. The molecule has 14 heteroatoms. The van der Waals surface area contributed by atoms with Crippen molar-refractivity contribution in [3.63, 3.8) is 0 Å². The molecule has 3 saturated carbocycles. The van der Waals surface area contributed by atoms with Crippen LogP contribution in [0.3, 0.4) is 0 Å². The van der Waals surface area contributed by atoms with Crippen LogP contribution in [0.15, 0.2) is 128 Å². The van der Waals surface area contributed by atoms with E-state index in [1.54, 1.807) is 0 Å². The summed E-state index contributed by atoms with van der Waals surface area (Å²) in [6, 6.07) is 37.4. The van der Waals surface area contributed by atoms with Gasteiger partial charge in [-0.15, -0.1) is 19.6 Å². The van der Waals surface area contributed by atoms with Crippen LogP contribution in [0.4, 0.5) is 0 Å². The molecule has 0 N–H and O–H groups in total. The van der Waals surface area contributed by atoms with Gasteiger partial charge in [-0.1, -0.05) is 94.5 Å². The first-order valence-corrected chi connectivity index (χ1v) is 27.4. The smallest absolute Gasteiger partial charge is 0.198 e. The molecule has 0 spiro atoms. The van der Waals surface area contributed by atoms with Crippen LogP contribution in [-0.4, -0.2) is 72.1 Å². The number of hydrogen-bond donors (Lipinski definition) is 0. The van der Waals surface area contributed by atoms with Crippen LogP contribution < -0.4 is 14.2 Å². The molecule has 0 amide bonds. The number of benzene rings is 5. The monoisotopic (exact) mass is 1030 g/mol. The molecule has 0 bridgehead atoms. The lowest BCUT2D eigenvalue weighted by Crippen LogP contribution is -2.45. The number of hydrogen-bond acceptors (Lipinski definition) is 10. The maximum Gasteiger partial charge on any atom is 0.198 e. The molecule has 3 aliphatic carbocycles. The average molecular weight is 1030 g/mol. The van der Waals surface area contributed by atoms with Gasteiger partial charge in [0.1, 0.15) is 30.6 Å². The van der Waals surface area contributed by atoms with Crippen molar-refractivity contribution in [2.75, 3.05) is 19.8 Å². The molecule has 14 nitrogen and oxygen atoms in total. The first kappa shape index (κ1) is 48.1. The Bertz CT molecular complexity index is 3750. The lowest BCUT2D eigenvalue weighted by atomic mass is 9.97. The van der Waals surface area contributed by atoms with Crippen LogP contribution in [0.5, 0.6) is 11.5 Å². The molecule has 6 aliphatic rings. The fourth-order valence-electron chi connectivity index (χ4n) is 11.1. The first-order chi connectivity index (χ1) is 38.4. The van der Waals surface area contributed by atoms with Crippen LogP contribution in [0.2, 0.25) is 0 Å². The van der Waals surface area contributed by atoms with E-state index in [-0.39, 0.29) is 23.9 Å². The SMILES string of the molecule is Cc1cc(C#CC2CC2C2(C#Cc3ccc(-c4cn(C[C@H]5COc6ccccc6O5)nn4)c(Cn4n[n+](CC5OCCCO5)cc4-c4ccc(C#CC5CC5)cc4)c3)CC2)ccc1-c1cn(C[C@@H]2OCc3ccccc32)nn1. The van der Waals surface area contributed by atoms with Gasteiger partial charge in [-0.3, -0.25) is 0 Å². The summed E-state index contributed by atoms with van der Waals surface area (Å²) < 4.78 is 38.1. The highest BCUT2D eigenvalue weighted by molar-refractivity contribution is 5.66. The van der Waals surface area contributed by atoms with Crippen molar-refractivity contribution in [3.8, 4) is 80.8 Å². The Hall–Kier alpha value is -8.32. The summed E-state index contributed by atoms with van der Waals surface area (Å²) in [5, 5.41) is 23.5. The van der Waals surface area contributed by atoms with Crippen LogP contribution in [0, 0.1) is 65.6 Å². The van der Waals surface area contributed by atoms with E-state index in [9.17, 15) is 0 Å². The Morgan fingerprint density at radius 2 is 1.46 bits per heavy atom. The van der Waals surface area contributed by atoms with E-state index in [0.29, 0.717) is 70.4 Å². The lowest BCUT2D eigenvalue weighted by Gasteiger charge is -2.26. The molecule has 3 aromatic heterocycles. The number of ether oxygens (including phenoxy) is 5. The normalized spacial score (nSPS) is 20.6. The number of fused-ring (bicyclic) bond motifs is 2. The second-order valence-corrected chi connectivity index (χ2v) is 21.6. The summed E-state index contributed by atoms with van der Waals surface area (Å²) in [5.41, 5.74) is 13.1. The molecule has 78 heavy (non-hydrogen) atoms. The number of nitrogens with zero attached hydrogens (tertiary/aromatic N) is 9. The summed E-state index contributed by atoms with van der Waals surface area (Å²) in [7, 11) is 0. The van der Waals surface area contributed by atoms with E-state index in [4.69, 9.17) is 34.0 Å². The summed E-state index contributed by atoms with van der Waals surface area (Å²) in [6.45, 7) is 6.52. The molecule has 388 valence electrons. The molecule has 5 aromatic carbocycles. The summed E-state index contributed by atoms with van der Waals surface area (Å²) in [5.74, 6) is 24.2. The maximum atomic E-state index is 6.30. The number of rotatable bonds is 12. The second-order valence-electron chi connectivity index (χ2n) is 21.6. The molecular formula is C64H58N9O5+. The minimum atomic E-state index is -0.373. The number of para-hydroxylation sites is 2. The zero-order chi connectivity index (χ0) is 52.0. The van der Waals surface area contributed by atoms with Crippen molar-refractivity contribution in [1.29, 1.82) is 0 Å². The molecule has 3 aliphatic heterocycles. The highest BCUT2D eigenvalue weighted by atomic mass is 16.7. The average Bonchev–Trinajstić information content (AvgIpc) is 4.46. The Labute approximate surface area is 453 Å². The topological polar surface area (TPSA) is 129 Å². The summed E-state index contributed by atoms with van der Waals surface area (Å²) >= 11 is 0. The van der Waals surface area contributed by atoms with Crippen molar-refractivity contribution in [3.05, 3.63) is 167 Å². The molecule has 6 heterocycles. The zero-order valence-corrected chi connectivity index (χ0v) is 43.6. The molecule has 4 fully saturated rings. The summed E-state index contributed by atoms with van der Waals surface area (Å²) in [4.78, 5) is 0. The predicted octanol–water partition coefficient (Wildman–Crippen LogP) is 9.17. The summed E-state index contributed by atoms with van der Waals surface area (Å²) in [6.07, 6.45) is 12.0. The molecule has 14 rings (SSSR count).